The standard InChI is InChI=1S/C11H13N3O2S/c1-12-10(15)6-9-13-11(16-14-9)3-2-8-4-5-17-7-8/h4-5,7H,2-3,6H2,1H3,(H,12,15). The van der Waals surface area contributed by atoms with Crippen molar-refractivity contribution in [2.75, 3.05) is 7.05 Å². The predicted molar refractivity (Wildman–Crippen MR) is 63.8 cm³/mol. The topological polar surface area (TPSA) is 68.0 Å². The largest absolute Gasteiger partial charge is 0.359 e. The van der Waals surface area contributed by atoms with Crippen molar-refractivity contribution in [1.29, 1.82) is 0 Å². The molecule has 0 saturated heterocycles. The van der Waals surface area contributed by atoms with Crippen LogP contribution in [0.4, 0.5) is 0 Å². The number of hydrogen-bond donors (Lipinski definition) is 1. The fraction of sp³-hybridized carbons (Fsp3) is 0.364. The Balaban J connectivity index is 1.88. The minimum Gasteiger partial charge on any atom is -0.359 e. The second-order valence-corrected chi connectivity index (χ2v) is 4.37. The SMILES string of the molecule is CNC(=O)Cc1noc(CCc2ccsc2)n1. The third kappa shape index (κ3) is 3.39. The average Bonchev–Trinajstić information content (AvgIpc) is 2.97. The van der Waals surface area contributed by atoms with E-state index in [2.05, 4.69) is 26.9 Å². The summed E-state index contributed by atoms with van der Waals surface area (Å²) in [5.41, 5.74) is 1.26. The molecular formula is C11H13N3O2S. The van der Waals surface area contributed by atoms with E-state index in [4.69, 9.17) is 4.52 Å². The number of aryl methyl sites for hydroxylation is 2. The van der Waals surface area contributed by atoms with Crippen LogP contribution in [0.1, 0.15) is 17.3 Å². The highest BCUT2D eigenvalue weighted by molar-refractivity contribution is 7.07. The van der Waals surface area contributed by atoms with Gasteiger partial charge < -0.3 is 9.84 Å². The monoisotopic (exact) mass is 251 g/mol. The highest BCUT2D eigenvalue weighted by Gasteiger charge is 2.09. The van der Waals surface area contributed by atoms with E-state index in [0.29, 0.717) is 18.1 Å². The van der Waals surface area contributed by atoms with Crippen molar-refractivity contribution in [3.63, 3.8) is 0 Å². The summed E-state index contributed by atoms with van der Waals surface area (Å²) in [6.45, 7) is 0. The van der Waals surface area contributed by atoms with Gasteiger partial charge in [0, 0.05) is 13.5 Å². The molecule has 0 bridgehead atoms. The highest BCUT2D eigenvalue weighted by Crippen LogP contribution is 2.09. The van der Waals surface area contributed by atoms with E-state index in [1.54, 1.807) is 18.4 Å². The molecule has 5 nitrogen and oxygen atoms in total. The lowest BCUT2D eigenvalue weighted by Crippen LogP contribution is -2.20. The van der Waals surface area contributed by atoms with Crippen LogP contribution in [0.25, 0.3) is 0 Å². The van der Waals surface area contributed by atoms with Crippen LogP contribution >= 0.6 is 11.3 Å². The van der Waals surface area contributed by atoms with Crippen LogP contribution in [0.15, 0.2) is 21.3 Å². The van der Waals surface area contributed by atoms with Gasteiger partial charge in [-0.3, -0.25) is 4.79 Å². The average molecular weight is 251 g/mol. The predicted octanol–water partition coefficient (Wildman–Crippen LogP) is 1.20. The molecule has 90 valence electrons. The van der Waals surface area contributed by atoms with E-state index < -0.39 is 0 Å². The number of nitrogens with one attached hydrogen (secondary N) is 1. The number of carbonyl (C=O) groups is 1. The van der Waals surface area contributed by atoms with Crippen molar-refractivity contribution in [2.45, 2.75) is 19.3 Å². The maximum atomic E-state index is 11.1. The summed E-state index contributed by atoms with van der Waals surface area (Å²) in [5.74, 6) is 0.898. The number of carbonyl (C=O) groups excluding carboxylic acids is 1. The Morgan fingerprint density at radius 1 is 1.53 bits per heavy atom. The Hall–Kier alpha value is -1.69. The van der Waals surface area contributed by atoms with Gasteiger partial charge in [0.2, 0.25) is 11.8 Å². The van der Waals surface area contributed by atoms with Gasteiger partial charge in [0.05, 0.1) is 6.42 Å². The van der Waals surface area contributed by atoms with Crippen LogP contribution in [0, 0.1) is 0 Å². The fourth-order valence-electron chi connectivity index (χ4n) is 1.38. The van der Waals surface area contributed by atoms with E-state index in [0.717, 1.165) is 6.42 Å². The Morgan fingerprint density at radius 3 is 3.12 bits per heavy atom. The molecule has 0 radical (unpaired) electrons. The van der Waals surface area contributed by atoms with Crippen LogP contribution in [0.3, 0.4) is 0 Å². The molecule has 2 aromatic rings. The molecule has 2 rings (SSSR count). The molecule has 0 saturated carbocycles. The Bertz CT molecular complexity index is 479. The normalized spacial score (nSPS) is 10.4. The molecule has 0 aliphatic heterocycles. The first-order chi connectivity index (χ1) is 8.28. The van der Waals surface area contributed by atoms with Gasteiger partial charge in [0.1, 0.15) is 0 Å². The van der Waals surface area contributed by atoms with Crippen LogP contribution < -0.4 is 5.32 Å². The zero-order valence-electron chi connectivity index (χ0n) is 9.47. The quantitative estimate of drug-likeness (QED) is 0.867. The molecule has 6 heteroatoms. The molecule has 1 N–H and O–H groups in total. The lowest BCUT2D eigenvalue weighted by molar-refractivity contribution is -0.120. The van der Waals surface area contributed by atoms with Gasteiger partial charge in [-0.1, -0.05) is 5.16 Å². The smallest absolute Gasteiger partial charge is 0.227 e. The van der Waals surface area contributed by atoms with E-state index in [-0.39, 0.29) is 12.3 Å². The first kappa shape index (κ1) is 11.8. The summed E-state index contributed by atoms with van der Waals surface area (Å²) >= 11 is 1.67. The molecule has 2 heterocycles. The molecule has 0 aliphatic rings. The van der Waals surface area contributed by atoms with Gasteiger partial charge in [-0.05, 0) is 28.8 Å². The summed E-state index contributed by atoms with van der Waals surface area (Å²) in [6, 6.07) is 2.08. The second kappa shape index (κ2) is 5.58. The van der Waals surface area contributed by atoms with Gasteiger partial charge in [0.15, 0.2) is 5.82 Å². The van der Waals surface area contributed by atoms with Gasteiger partial charge in [-0.15, -0.1) is 0 Å². The maximum absolute atomic E-state index is 11.1. The molecule has 0 fully saturated rings. The minimum absolute atomic E-state index is 0.116. The third-order valence-electron chi connectivity index (χ3n) is 2.32. The summed E-state index contributed by atoms with van der Waals surface area (Å²) in [5, 5.41) is 10.4. The number of hydrogen-bond acceptors (Lipinski definition) is 5. The highest BCUT2D eigenvalue weighted by atomic mass is 32.1. The van der Waals surface area contributed by atoms with E-state index in [1.165, 1.54) is 5.56 Å². The summed E-state index contributed by atoms with van der Waals surface area (Å²) < 4.78 is 5.07. The molecule has 0 unspecified atom stereocenters. The second-order valence-electron chi connectivity index (χ2n) is 3.59. The lowest BCUT2D eigenvalue weighted by atomic mass is 10.2. The number of nitrogens with zero attached hydrogens (tertiary/aromatic N) is 2. The number of likely N-dealkylation sites (N-methyl/N-ethyl adjacent to an activating group) is 1. The van der Waals surface area contributed by atoms with Crippen molar-refractivity contribution in [3.05, 3.63) is 34.1 Å². The maximum Gasteiger partial charge on any atom is 0.227 e. The zero-order chi connectivity index (χ0) is 12.1. The Labute approximate surface area is 103 Å². The summed E-state index contributed by atoms with van der Waals surface area (Å²) in [4.78, 5) is 15.3. The molecule has 0 atom stereocenters. The molecular weight excluding hydrogens is 238 g/mol. The first-order valence-corrected chi connectivity index (χ1v) is 6.25. The summed E-state index contributed by atoms with van der Waals surface area (Å²) in [7, 11) is 1.58. The van der Waals surface area contributed by atoms with Crippen LogP contribution in [0.5, 0.6) is 0 Å². The van der Waals surface area contributed by atoms with E-state index in [9.17, 15) is 4.79 Å². The van der Waals surface area contributed by atoms with Crippen molar-refractivity contribution >= 4 is 17.2 Å². The number of aromatic nitrogens is 2. The number of thiophene rings is 1. The molecule has 1 amide bonds. The first-order valence-electron chi connectivity index (χ1n) is 5.31. The van der Waals surface area contributed by atoms with Crippen molar-refractivity contribution in [3.8, 4) is 0 Å². The van der Waals surface area contributed by atoms with Crippen LogP contribution in [-0.4, -0.2) is 23.1 Å². The Morgan fingerprint density at radius 2 is 2.41 bits per heavy atom. The zero-order valence-corrected chi connectivity index (χ0v) is 10.3. The fourth-order valence-corrected chi connectivity index (χ4v) is 2.08. The molecule has 0 spiro atoms. The van der Waals surface area contributed by atoms with Gasteiger partial charge in [-0.2, -0.15) is 16.3 Å². The summed E-state index contributed by atoms with van der Waals surface area (Å²) in [6.07, 6.45) is 1.75. The molecule has 17 heavy (non-hydrogen) atoms. The van der Waals surface area contributed by atoms with Crippen LogP contribution in [0.2, 0.25) is 0 Å². The van der Waals surface area contributed by atoms with Gasteiger partial charge in [-0.25, -0.2) is 0 Å². The lowest BCUT2D eigenvalue weighted by Gasteiger charge is -1.92. The number of amides is 1. The minimum atomic E-state index is -0.116. The van der Waals surface area contributed by atoms with Gasteiger partial charge >= 0.3 is 0 Å². The van der Waals surface area contributed by atoms with Crippen molar-refractivity contribution in [2.24, 2.45) is 0 Å². The van der Waals surface area contributed by atoms with Gasteiger partial charge in [0.25, 0.3) is 0 Å². The van der Waals surface area contributed by atoms with E-state index in [1.807, 2.05) is 5.38 Å². The Kier molecular flexibility index (Phi) is 3.87. The molecule has 2 aromatic heterocycles. The van der Waals surface area contributed by atoms with E-state index >= 15 is 0 Å². The third-order valence-corrected chi connectivity index (χ3v) is 3.05. The molecule has 0 aromatic carbocycles. The van der Waals surface area contributed by atoms with Crippen molar-refractivity contribution < 1.29 is 9.32 Å². The molecule has 0 aliphatic carbocycles. The number of rotatable bonds is 5. The van der Waals surface area contributed by atoms with Crippen LogP contribution in [-0.2, 0) is 24.1 Å². The van der Waals surface area contributed by atoms with Crippen molar-refractivity contribution in [1.82, 2.24) is 15.5 Å².